The highest BCUT2D eigenvalue weighted by Crippen LogP contribution is 1.87. The molecule has 0 atom stereocenters. The van der Waals surface area contributed by atoms with E-state index < -0.39 is 0 Å². The molecular formula is C5H13N. The molecule has 0 aliphatic rings. The molecule has 0 aliphatic carbocycles. The molecule has 0 bridgehead atoms. The van der Waals surface area contributed by atoms with Gasteiger partial charge in [-0.1, -0.05) is 0 Å². The summed E-state index contributed by atoms with van der Waals surface area (Å²) >= 11 is 0. The molecule has 0 fully saturated rings. The topological polar surface area (TPSA) is 0 Å². The van der Waals surface area contributed by atoms with Crippen molar-refractivity contribution in [1.29, 1.82) is 0 Å². The molecule has 0 heterocycles. The van der Waals surface area contributed by atoms with Crippen molar-refractivity contribution in [2.24, 2.45) is 0 Å². The fourth-order valence-electron chi connectivity index (χ4n) is 0. The van der Waals surface area contributed by atoms with E-state index >= 15 is 0 Å². The number of hydrogen-bond donors (Lipinski definition) is 0. The summed E-state index contributed by atoms with van der Waals surface area (Å²) in [5, 5.41) is 0. The lowest BCUT2D eigenvalue weighted by molar-refractivity contribution is -0.843. The van der Waals surface area contributed by atoms with Crippen LogP contribution in [0.3, 0.4) is 0 Å². The van der Waals surface area contributed by atoms with Gasteiger partial charge in [-0.05, 0) is 6.92 Å². The Kier molecular flexibility index (Phi) is 1.59. The third-order valence-electron chi connectivity index (χ3n) is 0.856. The Hall–Kier alpha value is -0.0400. The minimum absolute atomic E-state index is 0.819. The predicted octanol–water partition coefficient (Wildman–Crippen LogP) is 0.874. The second-order valence-electron chi connectivity index (χ2n) is 2.25. The van der Waals surface area contributed by atoms with E-state index in [0.29, 0.717) is 0 Å². The van der Waals surface area contributed by atoms with E-state index in [1.54, 1.807) is 0 Å². The van der Waals surface area contributed by atoms with Gasteiger partial charge in [-0.25, -0.2) is 0 Å². The third kappa shape index (κ3) is 3.96. The van der Waals surface area contributed by atoms with E-state index in [2.05, 4.69) is 28.1 Å². The molecule has 0 saturated carbocycles. The number of nitrogens with zero attached hydrogens (tertiary/aromatic N) is 1. The molecule has 0 radical (unpaired) electrons. The molecule has 0 unspecified atom stereocenters. The van der Waals surface area contributed by atoms with E-state index in [9.17, 15) is 0 Å². The largest absolute Gasteiger partial charge is 0.462 e. The summed E-state index contributed by atoms with van der Waals surface area (Å²) < 4.78 is 0.819. The molecular weight excluding hydrogens is 74.1 g/mol. The number of rotatable bonds is 1. The lowest BCUT2D eigenvalue weighted by Crippen LogP contribution is -2.30. The first kappa shape index (κ1) is 5.96. The van der Waals surface area contributed by atoms with Gasteiger partial charge in [-0.15, -0.1) is 7.05 Å². The third-order valence-corrected chi connectivity index (χ3v) is 0.856. The summed E-state index contributed by atoms with van der Waals surface area (Å²) in [5.41, 5.74) is 0. The Labute approximate surface area is 40.2 Å². The Morgan fingerprint density at radius 1 is 1.50 bits per heavy atom. The highest BCUT2D eigenvalue weighted by atomic mass is 15.3. The molecule has 6 heavy (non-hydrogen) atoms. The van der Waals surface area contributed by atoms with Gasteiger partial charge < -0.3 is 4.48 Å². The zero-order chi connectivity index (χ0) is 5.21. The van der Waals surface area contributed by atoms with Gasteiger partial charge in [0.15, 0.2) is 0 Å². The standard InChI is InChI=1S/C5H13N/c1-5-6(2,3)4/h2,5H2,1,3-4H3. The predicted molar refractivity (Wildman–Crippen MR) is 28.0 cm³/mol. The van der Waals surface area contributed by atoms with E-state index in [-0.39, 0.29) is 0 Å². The van der Waals surface area contributed by atoms with Crippen molar-refractivity contribution in [3.8, 4) is 0 Å². The van der Waals surface area contributed by atoms with Crippen molar-refractivity contribution < 1.29 is 4.48 Å². The fraction of sp³-hybridized carbons (Fsp3) is 0.800. The van der Waals surface area contributed by atoms with Crippen molar-refractivity contribution in [1.82, 2.24) is 0 Å². The maximum atomic E-state index is 3.83. The summed E-state index contributed by atoms with van der Waals surface area (Å²) in [6.45, 7) is 3.22. The van der Waals surface area contributed by atoms with Crippen molar-refractivity contribution in [2.45, 2.75) is 6.92 Å². The van der Waals surface area contributed by atoms with E-state index in [4.69, 9.17) is 0 Å². The van der Waals surface area contributed by atoms with Crippen LogP contribution >= 0.6 is 0 Å². The molecule has 1 heteroatoms. The molecule has 0 aromatic carbocycles. The molecule has 0 spiro atoms. The maximum Gasteiger partial charge on any atom is 0.0512 e. The van der Waals surface area contributed by atoms with Crippen LogP contribution in [0.1, 0.15) is 6.92 Å². The quantitative estimate of drug-likeness (QED) is 0.329. The lowest BCUT2D eigenvalue weighted by atomic mass is 10.6. The fourth-order valence-corrected chi connectivity index (χ4v) is 0. The average Bonchev–Trinajstić information content (AvgIpc) is 1.35. The number of hydrogen-bond acceptors (Lipinski definition) is 0. The molecule has 0 amide bonds. The maximum absolute atomic E-state index is 3.83. The van der Waals surface area contributed by atoms with Gasteiger partial charge in [-0.2, -0.15) is 0 Å². The van der Waals surface area contributed by atoms with Crippen LogP contribution in [0.4, 0.5) is 0 Å². The van der Waals surface area contributed by atoms with Crippen molar-refractivity contribution in [3.05, 3.63) is 7.05 Å². The first-order chi connectivity index (χ1) is 2.56. The van der Waals surface area contributed by atoms with Crippen LogP contribution in [0, 0.1) is 7.05 Å². The zero-order valence-corrected chi connectivity index (χ0v) is 4.86. The Balaban J connectivity index is 3.17. The lowest BCUT2D eigenvalue weighted by Gasteiger charge is -2.30. The summed E-state index contributed by atoms with van der Waals surface area (Å²) in [5.74, 6) is 0. The smallest absolute Gasteiger partial charge is 0.0512 e. The second-order valence-corrected chi connectivity index (χ2v) is 2.25. The molecule has 38 valence electrons. The van der Waals surface area contributed by atoms with Crippen molar-refractivity contribution in [3.63, 3.8) is 0 Å². The van der Waals surface area contributed by atoms with Crippen LogP contribution in [0.25, 0.3) is 0 Å². The monoisotopic (exact) mass is 87.1 g/mol. The normalized spacial score (nSPS) is 12.0. The average molecular weight is 87.2 g/mol. The van der Waals surface area contributed by atoms with E-state index in [1.165, 1.54) is 0 Å². The molecule has 0 N–H and O–H groups in total. The first-order valence-corrected chi connectivity index (χ1v) is 2.23. The Morgan fingerprint density at radius 3 is 1.67 bits per heavy atom. The van der Waals surface area contributed by atoms with Gasteiger partial charge in [0.1, 0.15) is 0 Å². The summed E-state index contributed by atoms with van der Waals surface area (Å²) in [6.07, 6.45) is 0. The molecule has 0 aliphatic heterocycles. The van der Waals surface area contributed by atoms with Gasteiger partial charge in [-0.3, -0.25) is 0 Å². The van der Waals surface area contributed by atoms with Gasteiger partial charge >= 0.3 is 0 Å². The van der Waals surface area contributed by atoms with E-state index in [0.717, 1.165) is 11.0 Å². The zero-order valence-electron chi connectivity index (χ0n) is 4.86. The molecule has 0 saturated heterocycles. The Bertz CT molecular complexity index is 33.7. The van der Waals surface area contributed by atoms with E-state index in [1.807, 2.05) is 0 Å². The van der Waals surface area contributed by atoms with Gasteiger partial charge in [0, 0.05) is 14.1 Å². The molecule has 1 nitrogen and oxygen atoms in total. The SMILES string of the molecule is [CH2-][N+](C)(C)CC. The molecule has 0 rings (SSSR count). The Morgan fingerprint density at radius 2 is 1.67 bits per heavy atom. The summed E-state index contributed by atoms with van der Waals surface area (Å²) in [7, 11) is 7.97. The minimum atomic E-state index is 0.819. The first-order valence-electron chi connectivity index (χ1n) is 2.23. The van der Waals surface area contributed by atoms with Gasteiger partial charge in [0.25, 0.3) is 0 Å². The minimum Gasteiger partial charge on any atom is -0.462 e. The highest BCUT2D eigenvalue weighted by Gasteiger charge is 1.89. The highest BCUT2D eigenvalue weighted by molar-refractivity contribution is 4.14. The molecule has 0 aromatic rings. The van der Waals surface area contributed by atoms with Crippen LogP contribution in [-0.4, -0.2) is 25.1 Å². The second kappa shape index (κ2) is 1.61. The van der Waals surface area contributed by atoms with Gasteiger partial charge in [0.05, 0.1) is 6.54 Å². The van der Waals surface area contributed by atoms with Crippen LogP contribution in [0.15, 0.2) is 0 Å². The van der Waals surface area contributed by atoms with Crippen LogP contribution in [0.5, 0.6) is 0 Å². The van der Waals surface area contributed by atoms with Crippen molar-refractivity contribution in [2.75, 3.05) is 20.6 Å². The van der Waals surface area contributed by atoms with Crippen LogP contribution in [-0.2, 0) is 0 Å². The van der Waals surface area contributed by atoms with Gasteiger partial charge in [0.2, 0.25) is 0 Å². The summed E-state index contributed by atoms with van der Waals surface area (Å²) in [4.78, 5) is 0. The van der Waals surface area contributed by atoms with Crippen molar-refractivity contribution >= 4 is 0 Å². The number of quaternary nitrogens is 1. The molecule has 0 aromatic heterocycles. The van der Waals surface area contributed by atoms with Crippen LogP contribution in [0.2, 0.25) is 0 Å². The summed E-state index contributed by atoms with van der Waals surface area (Å²) in [6, 6.07) is 0. The van der Waals surface area contributed by atoms with Crippen LogP contribution < -0.4 is 0 Å².